The van der Waals surface area contributed by atoms with Crippen molar-refractivity contribution < 1.29 is 4.92 Å². The Morgan fingerprint density at radius 2 is 2.06 bits per heavy atom. The van der Waals surface area contributed by atoms with Crippen LogP contribution in [0, 0.1) is 16.0 Å². The largest absolute Gasteiger partial charge is 0.393 e. The number of nitro groups is 1. The van der Waals surface area contributed by atoms with Crippen molar-refractivity contribution in [3.63, 3.8) is 0 Å². The summed E-state index contributed by atoms with van der Waals surface area (Å²) in [4.78, 5) is 10.5. The molecule has 17 heavy (non-hydrogen) atoms. The van der Waals surface area contributed by atoms with Crippen LogP contribution in [0.4, 0.5) is 17.1 Å². The number of benzene rings is 1. The third kappa shape index (κ3) is 3.62. The molecule has 0 radical (unpaired) electrons. The van der Waals surface area contributed by atoms with Crippen molar-refractivity contribution in [1.82, 2.24) is 0 Å². The van der Waals surface area contributed by atoms with Crippen LogP contribution in [-0.2, 0) is 0 Å². The summed E-state index contributed by atoms with van der Waals surface area (Å²) in [6, 6.07) is 5.12. The molecule has 0 saturated carbocycles. The van der Waals surface area contributed by atoms with E-state index in [1.54, 1.807) is 12.1 Å². The molecule has 0 amide bonds. The van der Waals surface area contributed by atoms with Gasteiger partial charge in [-0.1, -0.05) is 19.9 Å². The molecule has 0 spiro atoms. The van der Waals surface area contributed by atoms with Crippen LogP contribution in [0.15, 0.2) is 18.2 Å². The SMILES string of the molecule is CC(C)CC(C)Nc1cccc(N)c1[N+](=O)[O-]. The van der Waals surface area contributed by atoms with Crippen LogP contribution in [-0.4, -0.2) is 11.0 Å². The number of hydrogen-bond donors (Lipinski definition) is 2. The van der Waals surface area contributed by atoms with E-state index in [-0.39, 0.29) is 17.4 Å². The lowest BCUT2D eigenvalue weighted by atomic mass is 10.0. The third-order valence-electron chi connectivity index (χ3n) is 2.48. The maximum Gasteiger partial charge on any atom is 0.314 e. The maximum absolute atomic E-state index is 10.9. The standard InChI is InChI=1S/C12H19N3O2/c1-8(2)7-9(3)14-11-6-4-5-10(13)12(11)15(16)17/h4-6,8-9,14H,7,13H2,1-3H3. The van der Waals surface area contributed by atoms with Gasteiger partial charge >= 0.3 is 5.69 Å². The minimum Gasteiger partial charge on any atom is -0.393 e. The number of hydrogen-bond acceptors (Lipinski definition) is 4. The fourth-order valence-corrected chi connectivity index (χ4v) is 1.91. The first-order valence-electron chi connectivity index (χ1n) is 5.71. The lowest BCUT2D eigenvalue weighted by molar-refractivity contribution is -0.383. The van der Waals surface area contributed by atoms with Crippen LogP contribution in [0.5, 0.6) is 0 Å². The molecule has 0 aliphatic rings. The quantitative estimate of drug-likeness (QED) is 0.468. The second kappa shape index (κ2) is 5.52. The molecule has 0 aliphatic heterocycles. The molecule has 94 valence electrons. The van der Waals surface area contributed by atoms with Gasteiger partial charge in [0.05, 0.1) is 4.92 Å². The highest BCUT2D eigenvalue weighted by molar-refractivity contribution is 5.74. The van der Waals surface area contributed by atoms with Crippen molar-refractivity contribution in [1.29, 1.82) is 0 Å². The monoisotopic (exact) mass is 237 g/mol. The molecule has 5 nitrogen and oxygen atoms in total. The average molecular weight is 237 g/mol. The number of nitrogens with one attached hydrogen (secondary N) is 1. The highest BCUT2D eigenvalue weighted by atomic mass is 16.6. The summed E-state index contributed by atoms with van der Waals surface area (Å²) < 4.78 is 0. The Bertz CT molecular complexity index is 405. The molecule has 3 N–H and O–H groups in total. The summed E-state index contributed by atoms with van der Waals surface area (Å²) in [6.07, 6.45) is 0.950. The molecular weight excluding hydrogens is 218 g/mol. The molecular formula is C12H19N3O2. The lowest BCUT2D eigenvalue weighted by Crippen LogP contribution is -2.18. The normalized spacial score (nSPS) is 12.5. The number of nitrogens with two attached hydrogens (primary N) is 1. The van der Waals surface area contributed by atoms with Gasteiger partial charge in [-0.25, -0.2) is 0 Å². The molecule has 1 rings (SSSR count). The molecule has 1 unspecified atom stereocenters. The first-order valence-corrected chi connectivity index (χ1v) is 5.71. The summed E-state index contributed by atoms with van der Waals surface area (Å²) in [6.45, 7) is 6.24. The smallest absolute Gasteiger partial charge is 0.314 e. The predicted octanol–water partition coefficient (Wildman–Crippen LogP) is 3.02. The first-order chi connectivity index (χ1) is 7.91. The van der Waals surface area contributed by atoms with Crippen molar-refractivity contribution in [2.45, 2.75) is 33.2 Å². The lowest BCUT2D eigenvalue weighted by Gasteiger charge is -2.17. The first kappa shape index (κ1) is 13.3. The highest BCUT2D eigenvalue weighted by Gasteiger charge is 2.18. The summed E-state index contributed by atoms with van der Waals surface area (Å²) in [5.74, 6) is 0.539. The van der Waals surface area contributed by atoms with Gasteiger partial charge in [-0.05, 0) is 31.4 Å². The van der Waals surface area contributed by atoms with Gasteiger partial charge < -0.3 is 11.1 Å². The van der Waals surface area contributed by atoms with Gasteiger partial charge in [-0.3, -0.25) is 10.1 Å². The van der Waals surface area contributed by atoms with Gasteiger partial charge in [0, 0.05) is 6.04 Å². The van der Waals surface area contributed by atoms with Crippen LogP contribution in [0.25, 0.3) is 0 Å². The van der Waals surface area contributed by atoms with Crippen molar-refractivity contribution in [3.8, 4) is 0 Å². The Balaban J connectivity index is 2.91. The summed E-state index contributed by atoms with van der Waals surface area (Å²) in [7, 11) is 0. The number of nitrogens with zero attached hydrogens (tertiary/aromatic N) is 1. The van der Waals surface area contributed by atoms with E-state index in [4.69, 9.17) is 5.73 Å². The number of anilines is 2. The molecule has 1 aromatic rings. The molecule has 0 fully saturated rings. The second-order valence-corrected chi connectivity index (χ2v) is 4.68. The highest BCUT2D eigenvalue weighted by Crippen LogP contribution is 2.31. The van der Waals surface area contributed by atoms with Crippen LogP contribution in [0.3, 0.4) is 0 Å². The molecule has 1 atom stereocenters. The zero-order valence-corrected chi connectivity index (χ0v) is 10.4. The van der Waals surface area contributed by atoms with Crippen molar-refractivity contribution >= 4 is 17.1 Å². The minimum absolute atomic E-state index is 0.0388. The second-order valence-electron chi connectivity index (χ2n) is 4.68. The molecule has 0 heterocycles. The Kier molecular flexibility index (Phi) is 4.31. The zero-order valence-electron chi connectivity index (χ0n) is 10.4. The molecule has 5 heteroatoms. The predicted molar refractivity (Wildman–Crippen MR) is 70.0 cm³/mol. The Morgan fingerprint density at radius 3 is 2.59 bits per heavy atom. The third-order valence-corrected chi connectivity index (χ3v) is 2.48. The van der Waals surface area contributed by atoms with E-state index >= 15 is 0 Å². The van der Waals surface area contributed by atoms with Gasteiger partial charge in [-0.15, -0.1) is 0 Å². The van der Waals surface area contributed by atoms with Crippen molar-refractivity contribution in [2.24, 2.45) is 5.92 Å². The Morgan fingerprint density at radius 1 is 1.41 bits per heavy atom. The van der Waals surface area contributed by atoms with Crippen LogP contribution in [0.1, 0.15) is 27.2 Å². The topological polar surface area (TPSA) is 81.2 Å². The number of nitrogen functional groups attached to an aromatic ring is 1. The van der Waals surface area contributed by atoms with E-state index in [9.17, 15) is 10.1 Å². The Labute approximate surface area is 101 Å². The fourth-order valence-electron chi connectivity index (χ4n) is 1.91. The zero-order chi connectivity index (χ0) is 13.0. The van der Waals surface area contributed by atoms with E-state index in [0.29, 0.717) is 11.6 Å². The summed E-state index contributed by atoms with van der Waals surface area (Å²) in [5.41, 5.74) is 6.26. The average Bonchev–Trinajstić information content (AvgIpc) is 2.15. The van der Waals surface area contributed by atoms with E-state index < -0.39 is 4.92 Å². The van der Waals surface area contributed by atoms with Crippen molar-refractivity contribution in [3.05, 3.63) is 28.3 Å². The van der Waals surface area contributed by atoms with Gasteiger partial charge in [-0.2, -0.15) is 0 Å². The van der Waals surface area contributed by atoms with Gasteiger partial charge in [0.25, 0.3) is 0 Å². The minimum atomic E-state index is -0.445. The van der Waals surface area contributed by atoms with E-state index in [2.05, 4.69) is 19.2 Å². The fraction of sp³-hybridized carbons (Fsp3) is 0.500. The Hall–Kier alpha value is -1.78. The number of para-hydroxylation sites is 1. The van der Waals surface area contributed by atoms with E-state index in [0.717, 1.165) is 6.42 Å². The molecule has 0 bridgehead atoms. The van der Waals surface area contributed by atoms with Crippen LogP contribution >= 0.6 is 0 Å². The molecule has 0 aromatic heterocycles. The number of rotatable bonds is 5. The van der Waals surface area contributed by atoms with Gasteiger partial charge in [0.15, 0.2) is 0 Å². The van der Waals surface area contributed by atoms with Crippen LogP contribution in [0.2, 0.25) is 0 Å². The molecule has 1 aromatic carbocycles. The molecule has 0 saturated heterocycles. The van der Waals surface area contributed by atoms with Gasteiger partial charge in [0.1, 0.15) is 11.4 Å². The van der Waals surface area contributed by atoms with Crippen LogP contribution < -0.4 is 11.1 Å². The van der Waals surface area contributed by atoms with Crippen molar-refractivity contribution in [2.75, 3.05) is 11.1 Å². The number of nitro benzene ring substituents is 1. The summed E-state index contributed by atoms with van der Waals surface area (Å²) in [5, 5.41) is 14.1. The van der Waals surface area contributed by atoms with Gasteiger partial charge in [0.2, 0.25) is 0 Å². The molecule has 0 aliphatic carbocycles. The van der Waals surface area contributed by atoms with E-state index in [1.165, 1.54) is 6.07 Å². The van der Waals surface area contributed by atoms with E-state index in [1.807, 2.05) is 6.92 Å². The maximum atomic E-state index is 10.9. The summed E-state index contributed by atoms with van der Waals surface area (Å²) >= 11 is 0.